The normalized spacial score (nSPS) is 17.4. The van der Waals surface area contributed by atoms with Crippen LogP contribution in [0.1, 0.15) is 12.8 Å². The van der Waals surface area contributed by atoms with Crippen molar-refractivity contribution in [3.8, 4) is 5.88 Å². The number of piperidine rings is 1. The van der Waals surface area contributed by atoms with E-state index in [9.17, 15) is 8.78 Å². The van der Waals surface area contributed by atoms with Gasteiger partial charge >= 0.3 is 0 Å². The number of halogens is 3. The molecule has 11 heteroatoms. The highest BCUT2D eigenvalue weighted by Gasteiger charge is 2.23. The first-order valence-corrected chi connectivity index (χ1v) is 9.29. The summed E-state index contributed by atoms with van der Waals surface area (Å²) >= 11 is 5.97. The molecule has 28 heavy (non-hydrogen) atoms. The fraction of sp³-hybridized carbons (Fsp3) is 0.471. The van der Waals surface area contributed by atoms with Crippen molar-refractivity contribution in [2.75, 3.05) is 24.6 Å². The molecule has 0 aromatic carbocycles. The molecule has 0 saturated carbocycles. The summed E-state index contributed by atoms with van der Waals surface area (Å²) in [7, 11) is 0. The number of hydrogen-bond acceptors (Lipinski definition) is 7. The van der Waals surface area contributed by atoms with Gasteiger partial charge in [-0.15, -0.1) is 0 Å². The molecule has 1 unspecified atom stereocenters. The van der Waals surface area contributed by atoms with E-state index >= 15 is 0 Å². The molecule has 148 valence electrons. The maximum atomic E-state index is 12.7. The summed E-state index contributed by atoms with van der Waals surface area (Å²) in [5.74, 6) is 1.21. The molecular weight excluding hydrogens is 392 g/mol. The third kappa shape index (κ3) is 4.11. The number of hydrogen-bond donors (Lipinski definition) is 0. The SMILES string of the molecule is FC(F)Cn1ncc2ncc(N3CCCC(COc4nccnc4Cl)C3)nc21. The Morgan fingerprint density at radius 2 is 2.07 bits per heavy atom. The Balaban J connectivity index is 1.46. The summed E-state index contributed by atoms with van der Waals surface area (Å²) in [4.78, 5) is 18.9. The number of ether oxygens (including phenoxy) is 1. The Labute approximate surface area is 164 Å². The fourth-order valence-corrected chi connectivity index (χ4v) is 3.43. The molecule has 8 nitrogen and oxygen atoms in total. The summed E-state index contributed by atoms with van der Waals surface area (Å²) in [6, 6.07) is 0. The number of fused-ring (bicyclic) bond motifs is 1. The molecule has 0 amide bonds. The lowest BCUT2D eigenvalue weighted by Gasteiger charge is -2.33. The molecule has 1 saturated heterocycles. The summed E-state index contributed by atoms with van der Waals surface area (Å²) in [5, 5.41) is 4.19. The van der Waals surface area contributed by atoms with Crippen molar-refractivity contribution in [1.29, 1.82) is 0 Å². The molecule has 3 aromatic heterocycles. The second kappa shape index (κ2) is 8.17. The Morgan fingerprint density at radius 1 is 1.21 bits per heavy atom. The summed E-state index contributed by atoms with van der Waals surface area (Å²) in [6.45, 7) is 1.47. The molecule has 3 aromatic rings. The van der Waals surface area contributed by atoms with Crippen LogP contribution in [0.25, 0.3) is 11.2 Å². The van der Waals surface area contributed by atoms with Crippen molar-refractivity contribution in [2.24, 2.45) is 5.92 Å². The smallest absolute Gasteiger partial charge is 0.258 e. The predicted octanol–water partition coefficient (Wildman–Crippen LogP) is 2.83. The Hall–Kier alpha value is -2.62. The van der Waals surface area contributed by atoms with Gasteiger partial charge in [-0.1, -0.05) is 11.6 Å². The Bertz CT molecular complexity index is 954. The topological polar surface area (TPSA) is 81.9 Å². The molecule has 1 fully saturated rings. The van der Waals surface area contributed by atoms with Crippen LogP contribution in [-0.4, -0.2) is 55.8 Å². The lowest BCUT2D eigenvalue weighted by Crippen LogP contribution is -2.38. The van der Waals surface area contributed by atoms with Crippen molar-refractivity contribution in [3.63, 3.8) is 0 Å². The van der Waals surface area contributed by atoms with E-state index in [2.05, 4.69) is 29.9 Å². The van der Waals surface area contributed by atoms with E-state index in [0.29, 0.717) is 36.0 Å². The first kappa shape index (κ1) is 18.7. The van der Waals surface area contributed by atoms with Gasteiger partial charge in [0.05, 0.1) is 19.0 Å². The zero-order valence-corrected chi connectivity index (χ0v) is 15.6. The minimum atomic E-state index is -2.50. The van der Waals surface area contributed by atoms with Crippen LogP contribution in [0, 0.1) is 5.92 Å². The van der Waals surface area contributed by atoms with E-state index in [-0.39, 0.29) is 11.1 Å². The predicted molar refractivity (Wildman–Crippen MR) is 98.8 cm³/mol. The highest BCUT2D eigenvalue weighted by atomic mass is 35.5. The second-order valence-electron chi connectivity index (χ2n) is 6.57. The molecule has 1 aliphatic rings. The molecule has 4 rings (SSSR count). The highest BCUT2D eigenvalue weighted by molar-refractivity contribution is 6.30. The van der Waals surface area contributed by atoms with E-state index in [1.807, 2.05) is 0 Å². The van der Waals surface area contributed by atoms with Crippen LogP contribution < -0.4 is 9.64 Å². The van der Waals surface area contributed by atoms with Gasteiger partial charge in [-0.25, -0.2) is 33.4 Å². The largest absolute Gasteiger partial charge is 0.475 e. The van der Waals surface area contributed by atoms with Gasteiger partial charge in [0.15, 0.2) is 10.8 Å². The van der Waals surface area contributed by atoms with E-state index < -0.39 is 13.0 Å². The van der Waals surface area contributed by atoms with Gasteiger partial charge in [0.25, 0.3) is 12.3 Å². The van der Waals surface area contributed by atoms with Crippen molar-refractivity contribution >= 4 is 28.6 Å². The molecular formula is C17H18ClF2N7O. The monoisotopic (exact) mass is 409 g/mol. The van der Waals surface area contributed by atoms with Crippen molar-refractivity contribution < 1.29 is 13.5 Å². The minimum Gasteiger partial charge on any atom is -0.475 e. The maximum absolute atomic E-state index is 12.7. The van der Waals surface area contributed by atoms with Crippen molar-refractivity contribution in [2.45, 2.75) is 25.8 Å². The summed E-state index contributed by atoms with van der Waals surface area (Å²) < 4.78 is 32.4. The van der Waals surface area contributed by atoms with Gasteiger partial charge in [-0.05, 0) is 12.8 Å². The van der Waals surface area contributed by atoms with Crippen molar-refractivity contribution in [3.05, 3.63) is 29.9 Å². The first-order chi connectivity index (χ1) is 13.6. The average Bonchev–Trinajstić information content (AvgIpc) is 3.09. The van der Waals surface area contributed by atoms with Gasteiger partial charge in [0, 0.05) is 31.4 Å². The molecule has 4 heterocycles. The van der Waals surface area contributed by atoms with Gasteiger partial charge in [-0.3, -0.25) is 0 Å². The fourth-order valence-electron chi connectivity index (χ4n) is 3.27. The van der Waals surface area contributed by atoms with Crippen LogP contribution in [0.15, 0.2) is 24.8 Å². The van der Waals surface area contributed by atoms with Gasteiger partial charge in [-0.2, -0.15) is 5.10 Å². The third-order valence-electron chi connectivity index (χ3n) is 4.57. The lowest BCUT2D eigenvalue weighted by atomic mass is 9.99. The highest BCUT2D eigenvalue weighted by Crippen LogP contribution is 2.25. The van der Waals surface area contributed by atoms with Crippen LogP contribution in [0.5, 0.6) is 5.88 Å². The average molecular weight is 410 g/mol. The van der Waals surface area contributed by atoms with Crippen LogP contribution in [0.3, 0.4) is 0 Å². The Morgan fingerprint density at radius 3 is 2.89 bits per heavy atom. The maximum Gasteiger partial charge on any atom is 0.258 e. The van der Waals surface area contributed by atoms with E-state index in [4.69, 9.17) is 16.3 Å². The number of rotatable bonds is 6. The molecule has 1 aliphatic heterocycles. The summed E-state index contributed by atoms with van der Waals surface area (Å²) in [6.07, 6.45) is 5.59. The first-order valence-electron chi connectivity index (χ1n) is 8.91. The molecule has 0 bridgehead atoms. The standard InChI is InChI=1S/C17H18ClF2N7O/c18-15-17(22-4-3-21-15)28-10-11-2-1-5-26(8-11)14-7-23-12-6-24-27(9-13(19)20)16(12)25-14/h3-4,6-7,11,13H,1-2,5,8-10H2. The molecule has 0 radical (unpaired) electrons. The number of alkyl halides is 2. The minimum absolute atomic E-state index is 0.235. The number of anilines is 1. The molecule has 0 aliphatic carbocycles. The van der Waals surface area contributed by atoms with Crippen LogP contribution in [-0.2, 0) is 6.54 Å². The lowest BCUT2D eigenvalue weighted by molar-refractivity contribution is 0.123. The van der Waals surface area contributed by atoms with Crippen LogP contribution in [0.4, 0.5) is 14.6 Å². The molecule has 0 N–H and O–H groups in total. The zero-order chi connectivity index (χ0) is 19.5. The number of aromatic nitrogens is 6. The Kier molecular flexibility index (Phi) is 5.47. The third-order valence-corrected chi connectivity index (χ3v) is 4.82. The van der Waals surface area contributed by atoms with E-state index in [0.717, 1.165) is 19.4 Å². The van der Waals surface area contributed by atoms with E-state index in [1.165, 1.54) is 23.3 Å². The molecule has 0 spiro atoms. The number of nitrogens with zero attached hydrogens (tertiary/aromatic N) is 7. The quantitative estimate of drug-likeness (QED) is 0.619. The second-order valence-corrected chi connectivity index (χ2v) is 6.93. The van der Waals surface area contributed by atoms with Gasteiger partial charge < -0.3 is 9.64 Å². The zero-order valence-electron chi connectivity index (χ0n) is 14.9. The summed E-state index contributed by atoms with van der Waals surface area (Å²) in [5.41, 5.74) is 0.862. The van der Waals surface area contributed by atoms with Crippen molar-refractivity contribution in [1.82, 2.24) is 29.7 Å². The van der Waals surface area contributed by atoms with Gasteiger partial charge in [0.2, 0.25) is 0 Å². The van der Waals surface area contributed by atoms with E-state index in [1.54, 1.807) is 6.20 Å². The van der Waals surface area contributed by atoms with Gasteiger partial charge in [0.1, 0.15) is 17.9 Å². The van der Waals surface area contributed by atoms with Crippen LogP contribution in [0.2, 0.25) is 5.15 Å². The molecule has 1 atom stereocenters. The van der Waals surface area contributed by atoms with Crippen LogP contribution >= 0.6 is 11.6 Å².